The average molecular weight is 743 g/mol. The normalized spacial score (nSPS) is 13.1. The zero-order valence-electron chi connectivity index (χ0n) is 33.2. The van der Waals surface area contributed by atoms with Crippen molar-refractivity contribution in [3.63, 3.8) is 0 Å². The number of carbonyl (C=O) groups is 4. The van der Waals surface area contributed by atoms with Crippen LogP contribution in [0.5, 0.6) is 0 Å². The Morgan fingerprint density at radius 3 is 1.62 bits per heavy atom. The number of ether oxygens (including phenoxy) is 1. The third-order valence-corrected chi connectivity index (χ3v) is 8.78. The lowest BCUT2D eigenvalue weighted by Crippen LogP contribution is -2.47. The van der Waals surface area contributed by atoms with Crippen molar-refractivity contribution in [3.05, 3.63) is 60.8 Å². The summed E-state index contributed by atoms with van der Waals surface area (Å²) >= 11 is 0. The lowest BCUT2D eigenvalue weighted by atomic mass is 10.0. The standard InChI is InChI=1S/C44H74N2O7/c1-3-5-7-9-11-12-13-14-15-16-17-18-19-20-21-22-23-28-32-36-43(50)53-39(33-29-25-10-8-6-4-2)34-30-26-24-27-31-35-41(48)45-37-42(49)46-40(38-47)44(51)52/h5,7,11-12,14-15,17-18,20-21,39-40,47H,3-4,6,8-10,13,16,19,22-38H2,1-2H3,(H,45,48)(H,46,49)(H,51,52)/b7-5-,12-11-,15-14-,18-17-,21-20-. The Bertz CT molecular complexity index is 1080. The van der Waals surface area contributed by atoms with Crippen molar-refractivity contribution in [2.75, 3.05) is 13.2 Å². The minimum atomic E-state index is -1.38. The van der Waals surface area contributed by atoms with Gasteiger partial charge in [-0.3, -0.25) is 14.4 Å². The van der Waals surface area contributed by atoms with E-state index in [0.717, 1.165) is 103 Å². The second-order valence-corrected chi connectivity index (χ2v) is 13.7. The fourth-order valence-corrected chi connectivity index (χ4v) is 5.62. The van der Waals surface area contributed by atoms with E-state index >= 15 is 0 Å². The molecule has 0 fully saturated rings. The van der Waals surface area contributed by atoms with Crippen molar-refractivity contribution < 1.29 is 34.1 Å². The number of hydrogen-bond acceptors (Lipinski definition) is 6. The van der Waals surface area contributed by atoms with Gasteiger partial charge in [0.25, 0.3) is 0 Å². The van der Waals surface area contributed by atoms with Crippen LogP contribution in [-0.4, -0.2) is 59.3 Å². The van der Waals surface area contributed by atoms with E-state index < -0.39 is 24.5 Å². The van der Waals surface area contributed by atoms with Gasteiger partial charge in [0, 0.05) is 12.8 Å². The van der Waals surface area contributed by atoms with E-state index in [2.05, 4.69) is 85.2 Å². The van der Waals surface area contributed by atoms with Crippen molar-refractivity contribution in [1.82, 2.24) is 10.6 Å². The van der Waals surface area contributed by atoms with Crippen molar-refractivity contribution in [3.8, 4) is 0 Å². The van der Waals surface area contributed by atoms with E-state index in [-0.39, 0.29) is 30.9 Å². The number of allylic oxidation sites excluding steroid dienone is 10. The second kappa shape index (κ2) is 38.3. The lowest BCUT2D eigenvalue weighted by molar-refractivity contribution is -0.150. The highest BCUT2D eigenvalue weighted by atomic mass is 16.5. The lowest BCUT2D eigenvalue weighted by Gasteiger charge is -2.18. The molecule has 0 bridgehead atoms. The number of carboxylic acids is 1. The van der Waals surface area contributed by atoms with Crippen LogP contribution in [0.25, 0.3) is 0 Å². The molecule has 0 spiro atoms. The van der Waals surface area contributed by atoms with Gasteiger partial charge in [0.2, 0.25) is 11.8 Å². The van der Waals surface area contributed by atoms with Gasteiger partial charge >= 0.3 is 11.9 Å². The van der Waals surface area contributed by atoms with Crippen LogP contribution >= 0.6 is 0 Å². The number of unbranched alkanes of at least 4 members (excludes halogenated alkanes) is 12. The van der Waals surface area contributed by atoms with Crippen LogP contribution in [0.3, 0.4) is 0 Å². The second-order valence-electron chi connectivity index (χ2n) is 13.7. The summed E-state index contributed by atoms with van der Waals surface area (Å²) in [5, 5.41) is 22.5. The predicted octanol–water partition coefficient (Wildman–Crippen LogP) is 9.76. The highest BCUT2D eigenvalue weighted by molar-refractivity contribution is 5.87. The number of hydrogen-bond donors (Lipinski definition) is 4. The summed E-state index contributed by atoms with van der Waals surface area (Å²) < 4.78 is 5.96. The first kappa shape index (κ1) is 49.5. The number of esters is 1. The first-order valence-corrected chi connectivity index (χ1v) is 20.7. The first-order valence-electron chi connectivity index (χ1n) is 20.7. The van der Waals surface area contributed by atoms with Crippen molar-refractivity contribution in [2.24, 2.45) is 0 Å². The fourth-order valence-electron chi connectivity index (χ4n) is 5.62. The van der Waals surface area contributed by atoms with Gasteiger partial charge in [-0.15, -0.1) is 0 Å². The van der Waals surface area contributed by atoms with Crippen LogP contribution in [0, 0.1) is 0 Å². The molecule has 0 aromatic rings. The van der Waals surface area contributed by atoms with Gasteiger partial charge in [0.1, 0.15) is 12.1 Å². The van der Waals surface area contributed by atoms with Crippen LogP contribution in [0.4, 0.5) is 0 Å². The average Bonchev–Trinajstić information content (AvgIpc) is 3.14. The number of aliphatic hydroxyl groups is 1. The zero-order valence-corrected chi connectivity index (χ0v) is 33.2. The van der Waals surface area contributed by atoms with Crippen molar-refractivity contribution in [2.45, 2.75) is 180 Å². The van der Waals surface area contributed by atoms with Crippen LogP contribution in [0.2, 0.25) is 0 Å². The van der Waals surface area contributed by atoms with Gasteiger partial charge in [0.15, 0.2) is 0 Å². The number of carboxylic acid groups (broad SMARTS) is 1. The van der Waals surface area contributed by atoms with E-state index in [1.165, 1.54) is 32.1 Å². The Morgan fingerprint density at radius 2 is 1.08 bits per heavy atom. The van der Waals surface area contributed by atoms with Gasteiger partial charge in [-0.05, 0) is 83.5 Å². The molecule has 0 aromatic heterocycles. The maximum Gasteiger partial charge on any atom is 0.328 e. The molecule has 0 aliphatic rings. The van der Waals surface area contributed by atoms with Crippen molar-refractivity contribution in [1.29, 1.82) is 0 Å². The number of aliphatic carboxylic acids is 1. The molecular formula is C44H74N2O7. The Labute approximate surface area is 321 Å². The Hall–Kier alpha value is -3.46. The molecule has 302 valence electrons. The highest BCUT2D eigenvalue weighted by Gasteiger charge is 2.19. The quantitative estimate of drug-likeness (QED) is 0.0284. The fraction of sp³-hybridized carbons (Fsp3) is 0.682. The van der Waals surface area contributed by atoms with Gasteiger partial charge in [-0.1, -0.05) is 132 Å². The molecule has 0 heterocycles. The number of aliphatic hydroxyl groups excluding tert-OH is 1. The van der Waals surface area contributed by atoms with Crippen molar-refractivity contribution >= 4 is 23.8 Å². The van der Waals surface area contributed by atoms with E-state index in [9.17, 15) is 19.2 Å². The topological polar surface area (TPSA) is 142 Å². The minimum absolute atomic E-state index is 0.0292. The zero-order chi connectivity index (χ0) is 39.0. The van der Waals surface area contributed by atoms with E-state index in [0.29, 0.717) is 12.8 Å². The molecule has 53 heavy (non-hydrogen) atoms. The van der Waals surface area contributed by atoms with E-state index in [1.54, 1.807) is 0 Å². The van der Waals surface area contributed by atoms with Crippen LogP contribution in [-0.2, 0) is 23.9 Å². The molecule has 0 aliphatic heterocycles. The number of rotatable bonds is 36. The molecule has 0 aromatic carbocycles. The summed E-state index contributed by atoms with van der Waals surface area (Å²) in [4.78, 5) is 47.4. The monoisotopic (exact) mass is 743 g/mol. The summed E-state index contributed by atoms with van der Waals surface area (Å²) in [7, 11) is 0. The summed E-state index contributed by atoms with van der Waals surface area (Å²) in [5.74, 6) is -2.34. The molecule has 4 N–H and O–H groups in total. The maximum absolute atomic E-state index is 12.7. The van der Waals surface area contributed by atoms with Gasteiger partial charge in [-0.25, -0.2) is 4.79 Å². The molecule has 0 aliphatic carbocycles. The molecule has 2 atom stereocenters. The summed E-state index contributed by atoms with van der Waals surface area (Å²) in [6, 6.07) is -1.38. The van der Waals surface area contributed by atoms with Gasteiger partial charge in [0.05, 0.1) is 13.2 Å². The highest BCUT2D eigenvalue weighted by Crippen LogP contribution is 2.18. The van der Waals surface area contributed by atoms with Crippen LogP contribution in [0.1, 0.15) is 168 Å². The van der Waals surface area contributed by atoms with Gasteiger partial charge < -0.3 is 25.6 Å². The van der Waals surface area contributed by atoms with E-state index in [4.69, 9.17) is 14.9 Å². The Kier molecular flexibility index (Phi) is 35.8. The SMILES string of the molecule is CC/C=C\C/C=C\C/C=C\C/C=C\C/C=C\CCCCCC(=O)OC(CCCCCCCC)CCCCCCCC(=O)NCC(=O)NC(CO)C(=O)O. The molecule has 0 saturated carbocycles. The predicted molar refractivity (Wildman–Crippen MR) is 217 cm³/mol. The Morgan fingerprint density at radius 1 is 0.585 bits per heavy atom. The smallest absolute Gasteiger partial charge is 0.328 e. The molecule has 0 rings (SSSR count). The molecule has 9 nitrogen and oxygen atoms in total. The molecule has 9 heteroatoms. The summed E-state index contributed by atoms with van der Waals surface area (Å²) in [6.07, 6.45) is 45.4. The first-order chi connectivity index (χ1) is 25.8. The van der Waals surface area contributed by atoms with Crippen LogP contribution in [0.15, 0.2) is 60.8 Å². The molecule has 2 amide bonds. The number of nitrogens with one attached hydrogen (secondary N) is 2. The van der Waals surface area contributed by atoms with Crippen LogP contribution < -0.4 is 10.6 Å². The third-order valence-electron chi connectivity index (χ3n) is 8.78. The summed E-state index contributed by atoms with van der Waals surface area (Å²) in [6.45, 7) is 3.32. The largest absolute Gasteiger partial charge is 0.480 e. The number of amides is 2. The summed E-state index contributed by atoms with van der Waals surface area (Å²) in [5.41, 5.74) is 0. The number of carbonyl (C=O) groups excluding carboxylic acids is 3. The van der Waals surface area contributed by atoms with E-state index in [1.807, 2.05) is 0 Å². The third kappa shape index (κ3) is 35.3. The van der Waals surface area contributed by atoms with Gasteiger partial charge in [-0.2, -0.15) is 0 Å². The maximum atomic E-state index is 12.7. The Balaban J connectivity index is 4.19. The molecule has 0 radical (unpaired) electrons. The molecule has 0 saturated heterocycles. The molecular weight excluding hydrogens is 668 g/mol. The minimum Gasteiger partial charge on any atom is -0.480 e. The molecule has 2 unspecified atom stereocenters.